The van der Waals surface area contributed by atoms with Gasteiger partial charge in [-0.15, -0.1) is 0 Å². The van der Waals surface area contributed by atoms with Gasteiger partial charge in [-0.05, 0) is 18.2 Å². The number of nitrogens with zero attached hydrogens (tertiary/aromatic N) is 2. The fraction of sp³-hybridized carbons (Fsp3) is 0.100. The third-order valence-corrected chi connectivity index (χ3v) is 2.07. The zero-order valence-electron chi connectivity index (χ0n) is 7.77. The molecule has 1 N–H and O–H groups in total. The van der Waals surface area contributed by atoms with Crippen LogP contribution < -0.4 is 5.32 Å². The number of nitrogens with one attached hydrogen (secondary N) is 1. The van der Waals surface area contributed by atoms with E-state index < -0.39 is 0 Å². The highest BCUT2D eigenvalue weighted by molar-refractivity contribution is 6.47. The molecule has 0 aliphatic carbocycles. The van der Waals surface area contributed by atoms with E-state index in [1.54, 1.807) is 18.2 Å². The molecule has 2 rings (SSSR count). The van der Waals surface area contributed by atoms with Crippen molar-refractivity contribution in [3.05, 3.63) is 35.5 Å². The van der Waals surface area contributed by atoms with Crippen molar-refractivity contribution in [2.24, 2.45) is 4.99 Å². The number of halogens is 1. The first kappa shape index (κ1) is 9.86. The van der Waals surface area contributed by atoms with Crippen molar-refractivity contribution in [3.63, 3.8) is 0 Å². The van der Waals surface area contributed by atoms with Crippen LogP contribution in [0.5, 0.6) is 0 Å². The van der Waals surface area contributed by atoms with Gasteiger partial charge in [0, 0.05) is 11.2 Å². The molecule has 0 atom stereocenters. The molecule has 5 heteroatoms. The predicted octanol–water partition coefficient (Wildman–Crippen LogP) is 1.68. The van der Waals surface area contributed by atoms with Gasteiger partial charge < -0.3 is 5.32 Å². The number of hydrogen-bond acceptors (Lipinski definition) is 3. The Labute approximate surface area is 91.7 Å². The summed E-state index contributed by atoms with van der Waals surface area (Å²) in [5.74, 6) is 0.161. The predicted molar refractivity (Wildman–Crippen MR) is 59.3 cm³/mol. The summed E-state index contributed by atoms with van der Waals surface area (Å²) in [5.41, 5.74) is 0.414. The van der Waals surface area contributed by atoms with E-state index in [1.165, 1.54) is 6.20 Å². The van der Waals surface area contributed by atoms with Crippen molar-refractivity contribution in [1.82, 2.24) is 4.98 Å². The van der Waals surface area contributed by atoms with Crippen molar-refractivity contribution in [2.75, 3.05) is 11.9 Å². The van der Waals surface area contributed by atoms with E-state index in [0.717, 1.165) is 0 Å². The Kier molecular flexibility index (Phi) is 2.78. The van der Waals surface area contributed by atoms with Crippen LogP contribution in [-0.4, -0.2) is 23.1 Å². The smallest absolute Gasteiger partial charge is 0.274 e. The minimum Gasteiger partial charge on any atom is -0.305 e. The van der Waals surface area contributed by atoms with E-state index in [4.69, 9.17) is 11.6 Å². The minimum atomic E-state index is -0.265. The molecule has 0 spiro atoms. The molecule has 0 aromatic carbocycles. The monoisotopic (exact) mass is 221 g/mol. The standard InChI is InChI=1S/C10H8ClN3O/c11-7-3-5-13-9(6-7)14-10(15)8-2-1-4-12-8/h1-3,5-6H,4H2,(H,13,14,15). The van der Waals surface area contributed by atoms with Gasteiger partial charge in [0.15, 0.2) is 0 Å². The van der Waals surface area contributed by atoms with Crippen LogP contribution in [0, 0.1) is 0 Å². The molecule has 76 valence electrons. The lowest BCUT2D eigenvalue weighted by Gasteiger charge is -2.02. The maximum Gasteiger partial charge on any atom is 0.274 e. The molecule has 0 unspecified atom stereocenters. The van der Waals surface area contributed by atoms with E-state index in [2.05, 4.69) is 15.3 Å². The van der Waals surface area contributed by atoms with Crippen LogP contribution in [0.4, 0.5) is 5.82 Å². The Morgan fingerprint density at radius 1 is 1.53 bits per heavy atom. The van der Waals surface area contributed by atoms with Crippen molar-refractivity contribution in [1.29, 1.82) is 0 Å². The van der Waals surface area contributed by atoms with E-state index in [-0.39, 0.29) is 5.91 Å². The van der Waals surface area contributed by atoms with Gasteiger partial charge in [0.1, 0.15) is 11.5 Å². The van der Waals surface area contributed by atoms with Gasteiger partial charge in [0.2, 0.25) is 0 Å². The number of anilines is 1. The molecule has 1 aromatic heterocycles. The number of carbonyl (C=O) groups is 1. The first-order chi connectivity index (χ1) is 7.25. The van der Waals surface area contributed by atoms with Crippen molar-refractivity contribution in [3.8, 4) is 0 Å². The van der Waals surface area contributed by atoms with Crippen molar-refractivity contribution < 1.29 is 4.79 Å². The van der Waals surface area contributed by atoms with Crippen LogP contribution in [0.25, 0.3) is 0 Å². The molecule has 1 amide bonds. The highest BCUT2D eigenvalue weighted by atomic mass is 35.5. The zero-order valence-corrected chi connectivity index (χ0v) is 8.53. The van der Waals surface area contributed by atoms with Crippen LogP contribution in [0.2, 0.25) is 5.02 Å². The third-order valence-electron chi connectivity index (χ3n) is 1.84. The van der Waals surface area contributed by atoms with Crippen LogP contribution in [0.15, 0.2) is 35.5 Å². The summed E-state index contributed by atoms with van der Waals surface area (Å²) in [4.78, 5) is 19.5. The quantitative estimate of drug-likeness (QED) is 0.826. The van der Waals surface area contributed by atoms with Crippen molar-refractivity contribution >= 4 is 29.0 Å². The number of carbonyl (C=O) groups excluding carboxylic acids is 1. The number of aliphatic imine (C=N–C) groups is 1. The molecule has 1 aliphatic rings. The fourth-order valence-electron chi connectivity index (χ4n) is 1.17. The Balaban J connectivity index is 2.09. The lowest BCUT2D eigenvalue weighted by Crippen LogP contribution is -2.20. The summed E-state index contributed by atoms with van der Waals surface area (Å²) < 4.78 is 0. The molecule has 1 aromatic rings. The molecule has 2 heterocycles. The Morgan fingerprint density at radius 3 is 3.07 bits per heavy atom. The van der Waals surface area contributed by atoms with Crippen LogP contribution in [0.1, 0.15) is 0 Å². The maximum absolute atomic E-state index is 11.5. The Morgan fingerprint density at radius 2 is 2.40 bits per heavy atom. The second-order valence-electron chi connectivity index (χ2n) is 2.94. The van der Waals surface area contributed by atoms with E-state index in [9.17, 15) is 4.79 Å². The average molecular weight is 222 g/mol. The second kappa shape index (κ2) is 4.23. The summed E-state index contributed by atoms with van der Waals surface area (Å²) in [6.45, 7) is 0.561. The van der Waals surface area contributed by atoms with Gasteiger partial charge in [-0.3, -0.25) is 9.79 Å². The fourth-order valence-corrected chi connectivity index (χ4v) is 1.33. The Hall–Kier alpha value is -1.68. The first-order valence-electron chi connectivity index (χ1n) is 4.39. The SMILES string of the molecule is O=C(Nc1cc(Cl)ccn1)C1=NCC=C1. The largest absolute Gasteiger partial charge is 0.305 e. The maximum atomic E-state index is 11.5. The number of hydrogen-bond donors (Lipinski definition) is 1. The van der Waals surface area contributed by atoms with Gasteiger partial charge in [-0.25, -0.2) is 4.98 Å². The van der Waals surface area contributed by atoms with Gasteiger partial charge in [0.25, 0.3) is 5.91 Å². The summed E-state index contributed by atoms with van der Waals surface area (Å²) in [6, 6.07) is 3.23. The summed E-state index contributed by atoms with van der Waals surface area (Å²) in [6.07, 6.45) is 5.03. The van der Waals surface area contributed by atoms with Crippen LogP contribution in [0.3, 0.4) is 0 Å². The van der Waals surface area contributed by atoms with Gasteiger partial charge in [-0.1, -0.05) is 17.7 Å². The Bertz CT molecular complexity index is 454. The van der Waals surface area contributed by atoms with E-state index in [1.807, 2.05) is 6.08 Å². The highest BCUT2D eigenvalue weighted by Crippen LogP contribution is 2.11. The summed E-state index contributed by atoms with van der Waals surface area (Å²) in [5, 5.41) is 3.14. The summed E-state index contributed by atoms with van der Waals surface area (Å²) in [7, 11) is 0. The average Bonchev–Trinajstić information content (AvgIpc) is 2.70. The molecule has 0 bridgehead atoms. The third kappa shape index (κ3) is 2.41. The van der Waals surface area contributed by atoms with Crippen LogP contribution >= 0.6 is 11.6 Å². The number of pyridine rings is 1. The lowest BCUT2D eigenvalue weighted by atomic mass is 10.3. The molecule has 0 saturated carbocycles. The van der Waals surface area contributed by atoms with E-state index in [0.29, 0.717) is 23.1 Å². The molecule has 4 nitrogen and oxygen atoms in total. The normalized spacial score (nSPS) is 13.8. The molecular formula is C10H8ClN3O. The number of amides is 1. The highest BCUT2D eigenvalue weighted by Gasteiger charge is 2.11. The zero-order chi connectivity index (χ0) is 10.7. The number of aromatic nitrogens is 1. The van der Waals surface area contributed by atoms with Gasteiger partial charge in [0.05, 0.1) is 6.54 Å². The van der Waals surface area contributed by atoms with Crippen molar-refractivity contribution in [2.45, 2.75) is 0 Å². The minimum absolute atomic E-state index is 0.265. The molecule has 0 radical (unpaired) electrons. The second-order valence-corrected chi connectivity index (χ2v) is 3.38. The van der Waals surface area contributed by atoms with Gasteiger partial charge >= 0.3 is 0 Å². The molecule has 15 heavy (non-hydrogen) atoms. The van der Waals surface area contributed by atoms with E-state index >= 15 is 0 Å². The lowest BCUT2D eigenvalue weighted by molar-refractivity contribution is -0.110. The molecular weight excluding hydrogens is 214 g/mol. The van der Waals surface area contributed by atoms with Gasteiger partial charge in [-0.2, -0.15) is 0 Å². The summed E-state index contributed by atoms with van der Waals surface area (Å²) >= 11 is 5.75. The first-order valence-corrected chi connectivity index (χ1v) is 4.77. The topological polar surface area (TPSA) is 54.4 Å². The van der Waals surface area contributed by atoms with Crippen LogP contribution in [-0.2, 0) is 4.79 Å². The number of rotatable bonds is 2. The molecule has 0 saturated heterocycles. The molecule has 1 aliphatic heterocycles. The molecule has 0 fully saturated rings.